The summed E-state index contributed by atoms with van der Waals surface area (Å²) in [7, 11) is -2.55. The van der Waals surface area contributed by atoms with Crippen molar-refractivity contribution in [2.75, 3.05) is 12.3 Å². The number of rotatable bonds is 9. The summed E-state index contributed by atoms with van der Waals surface area (Å²) < 4.78 is 30.5. The van der Waals surface area contributed by atoms with Gasteiger partial charge in [-0.15, -0.1) is 10.9 Å². The van der Waals surface area contributed by atoms with Crippen molar-refractivity contribution in [3.05, 3.63) is 47.5 Å². The van der Waals surface area contributed by atoms with E-state index >= 15 is 0 Å². The summed E-state index contributed by atoms with van der Waals surface area (Å²) in [5, 5.41) is 13.1. The number of fused-ring (bicyclic) bond motifs is 1. The lowest BCUT2D eigenvalue weighted by Crippen LogP contribution is -2.42. The molecule has 4 rings (SSSR count). The van der Waals surface area contributed by atoms with Crippen molar-refractivity contribution >= 4 is 42.7 Å². The van der Waals surface area contributed by atoms with Crippen LogP contribution < -0.4 is 10.8 Å². The molecule has 0 spiro atoms. The Hall–Kier alpha value is -3.17. The van der Waals surface area contributed by atoms with Gasteiger partial charge < -0.3 is 20.3 Å². The smallest absolute Gasteiger partial charge is 0.460 e. The molecule has 1 aromatic carbocycles. The Kier molecular flexibility index (Phi) is 7.80. The first kappa shape index (κ1) is 25.9. The number of terminal acetylenes is 1. The summed E-state index contributed by atoms with van der Waals surface area (Å²) in [5.74, 6) is 1.88. The number of nitrogen functional groups attached to an aromatic ring is 1. The SMILES string of the molecule is C#C[C@]1(CO[P+](=O)N[C@@H](C)C(=O)OCc2ccccc2)O[C@@H](n2cnc3c(N)nc(Cl)nc32)C[C@@H]1O. The molecular formula is C22H23ClN6O6P+. The molecule has 1 aliphatic rings. The third kappa shape index (κ3) is 5.47. The lowest BCUT2D eigenvalue weighted by Gasteiger charge is -2.23. The Morgan fingerprint density at radius 2 is 2.22 bits per heavy atom. The summed E-state index contributed by atoms with van der Waals surface area (Å²) >= 11 is 5.91. The number of aliphatic hydroxyl groups excluding tert-OH is 1. The summed E-state index contributed by atoms with van der Waals surface area (Å²) in [4.78, 5) is 24.4. The van der Waals surface area contributed by atoms with Crippen LogP contribution in [-0.2, 0) is 30.0 Å². The van der Waals surface area contributed by atoms with Gasteiger partial charge in [0, 0.05) is 6.42 Å². The molecule has 2 aromatic heterocycles. The predicted molar refractivity (Wildman–Crippen MR) is 129 cm³/mol. The van der Waals surface area contributed by atoms with E-state index in [1.165, 1.54) is 17.8 Å². The first-order valence-electron chi connectivity index (χ1n) is 10.8. The third-order valence-corrected chi connectivity index (χ3v) is 6.69. The molecule has 188 valence electrons. The van der Waals surface area contributed by atoms with Crippen molar-refractivity contribution < 1.29 is 28.5 Å². The van der Waals surface area contributed by atoms with Crippen molar-refractivity contribution in [3.63, 3.8) is 0 Å². The van der Waals surface area contributed by atoms with E-state index in [-0.39, 0.29) is 24.1 Å². The van der Waals surface area contributed by atoms with Gasteiger partial charge in [-0.05, 0) is 28.7 Å². The highest BCUT2D eigenvalue weighted by Crippen LogP contribution is 2.39. The molecule has 36 heavy (non-hydrogen) atoms. The van der Waals surface area contributed by atoms with Gasteiger partial charge in [-0.1, -0.05) is 41.3 Å². The molecule has 0 amide bonds. The second kappa shape index (κ2) is 10.8. The number of benzene rings is 1. The highest BCUT2D eigenvalue weighted by molar-refractivity contribution is 7.36. The van der Waals surface area contributed by atoms with Gasteiger partial charge in [-0.25, -0.2) is 4.98 Å². The molecule has 3 heterocycles. The number of nitrogens with zero attached hydrogens (tertiary/aromatic N) is 4. The molecule has 0 radical (unpaired) electrons. The van der Waals surface area contributed by atoms with Crippen LogP contribution in [0.4, 0.5) is 5.82 Å². The number of esters is 1. The number of nitrogens with two attached hydrogens (primary N) is 1. The molecule has 0 saturated carbocycles. The zero-order valence-electron chi connectivity index (χ0n) is 19.1. The molecule has 3 aromatic rings. The fourth-order valence-corrected chi connectivity index (χ4v) is 4.58. The number of ether oxygens (including phenoxy) is 2. The first-order valence-corrected chi connectivity index (χ1v) is 12.3. The quantitative estimate of drug-likeness (QED) is 0.160. The molecule has 1 unspecified atom stereocenters. The standard InChI is InChI=1S/C22H23ClN6O6P/c1-3-22(11-34-36(32)28-13(2)20(31)33-10-14-7-5-4-6-8-14)15(30)9-16(35-22)29-12-25-17-18(24)26-21(23)27-19(17)29/h1,4-8,12-13,15-16,30H,9-11H2,2H3,(H,28,32)(H2,24,26,27)/q+1/t13-,15-,16+,22+/m0/s1. The first-order chi connectivity index (χ1) is 17.2. The lowest BCUT2D eigenvalue weighted by molar-refractivity contribution is -0.146. The maximum Gasteiger partial charge on any atom is 0.613 e. The Labute approximate surface area is 212 Å². The van der Waals surface area contributed by atoms with Gasteiger partial charge in [-0.2, -0.15) is 9.97 Å². The number of hydrogen-bond donors (Lipinski definition) is 3. The third-order valence-electron chi connectivity index (χ3n) is 5.56. The summed E-state index contributed by atoms with van der Waals surface area (Å²) in [5.41, 5.74) is 5.65. The highest BCUT2D eigenvalue weighted by Gasteiger charge is 2.50. The predicted octanol–water partition coefficient (Wildman–Crippen LogP) is 2.11. The molecule has 12 nitrogen and oxygen atoms in total. The molecular weight excluding hydrogens is 511 g/mol. The topological polar surface area (TPSA) is 164 Å². The largest absolute Gasteiger partial charge is 0.613 e. The van der Waals surface area contributed by atoms with Crippen LogP contribution in [0.25, 0.3) is 11.2 Å². The van der Waals surface area contributed by atoms with Crippen LogP contribution >= 0.6 is 19.8 Å². The maximum atomic E-state index is 12.5. The van der Waals surface area contributed by atoms with E-state index < -0.39 is 44.7 Å². The average molecular weight is 534 g/mol. The van der Waals surface area contributed by atoms with Crippen LogP contribution in [0, 0.1) is 12.3 Å². The van der Waals surface area contributed by atoms with E-state index in [4.69, 9.17) is 37.8 Å². The van der Waals surface area contributed by atoms with Gasteiger partial charge in [0.15, 0.2) is 17.1 Å². The number of aliphatic hydroxyl groups is 1. The normalized spacial score (nSPS) is 22.8. The number of imidazole rings is 1. The van der Waals surface area contributed by atoms with Crippen molar-refractivity contribution in [2.24, 2.45) is 0 Å². The Balaban J connectivity index is 1.35. The van der Waals surface area contributed by atoms with Gasteiger partial charge in [0.1, 0.15) is 37.1 Å². The Bertz CT molecular complexity index is 1320. The van der Waals surface area contributed by atoms with Crippen LogP contribution in [0.15, 0.2) is 36.7 Å². The van der Waals surface area contributed by atoms with Gasteiger partial charge in [0.2, 0.25) is 5.28 Å². The van der Waals surface area contributed by atoms with E-state index in [1.807, 2.05) is 30.3 Å². The van der Waals surface area contributed by atoms with Gasteiger partial charge in [0.05, 0.1) is 6.33 Å². The monoisotopic (exact) mass is 533 g/mol. The molecule has 1 aliphatic heterocycles. The summed E-state index contributed by atoms with van der Waals surface area (Å²) in [6.45, 7) is 1.15. The van der Waals surface area contributed by atoms with E-state index in [9.17, 15) is 14.5 Å². The molecule has 0 bridgehead atoms. The zero-order valence-corrected chi connectivity index (χ0v) is 20.7. The summed E-state index contributed by atoms with van der Waals surface area (Å²) in [6, 6.07) is 8.22. The number of aromatic nitrogens is 4. The van der Waals surface area contributed by atoms with Crippen LogP contribution in [-0.4, -0.2) is 54.9 Å². The van der Waals surface area contributed by atoms with Crippen LogP contribution in [0.3, 0.4) is 0 Å². The lowest BCUT2D eigenvalue weighted by atomic mass is 9.99. The second-order valence-corrected chi connectivity index (χ2v) is 9.40. The number of hydrogen-bond acceptors (Lipinski definition) is 10. The van der Waals surface area contributed by atoms with E-state index in [1.54, 1.807) is 0 Å². The van der Waals surface area contributed by atoms with E-state index in [0.29, 0.717) is 11.2 Å². The number of carbonyl (C=O) groups excluding carboxylic acids is 1. The fourth-order valence-electron chi connectivity index (χ4n) is 3.60. The number of halogens is 1. The van der Waals surface area contributed by atoms with Crippen molar-refractivity contribution in [3.8, 4) is 12.3 Å². The minimum Gasteiger partial charge on any atom is -0.460 e. The Morgan fingerprint density at radius 3 is 2.94 bits per heavy atom. The number of carbonyl (C=O) groups is 1. The molecule has 1 fully saturated rings. The summed E-state index contributed by atoms with van der Waals surface area (Å²) in [6.07, 6.45) is 5.20. The van der Waals surface area contributed by atoms with Gasteiger partial charge in [0.25, 0.3) is 0 Å². The van der Waals surface area contributed by atoms with E-state index in [2.05, 4.69) is 26.0 Å². The average Bonchev–Trinajstić information content (AvgIpc) is 3.43. The molecule has 0 aliphatic carbocycles. The molecule has 4 N–H and O–H groups in total. The fraction of sp³-hybridized carbons (Fsp3) is 0.364. The molecule has 5 atom stereocenters. The molecule has 1 saturated heterocycles. The van der Waals surface area contributed by atoms with Crippen LogP contribution in [0.2, 0.25) is 5.28 Å². The highest BCUT2D eigenvalue weighted by atomic mass is 35.5. The van der Waals surface area contributed by atoms with Gasteiger partial charge >= 0.3 is 14.1 Å². The zero-order chi connectivity index (χ0) is 25.9. The maximum absolute atomic E-state index is 12.5. The van der Waals surface area contributed by atoms with Crippen LogP contribution in [0.1, 0.15) is 25.1 Å². The minimum atomic E-state index is -2.55. The second-order valence-electron chi connectivity index (χ2n) is 8.03. The van der Waals surface area contributed by atoms with Gasteiger partial charge in [-0.3, -0.25) is 9.36 Å². The number of nitrogens with one attached hydrogen (secondary N) is 1. The minimum absolute atomic E-state index is 0.0625. The van der Waals surface area contributed by atoms with E-state index in [0.717, 1.165) is 5.56 Å². The van der Waals surface area contributed by atoms with Crippen molar-refractivity contribution in [1.29, 1.82) is 0 Å². The van der Waals surface area contributed by atoms with Crippen molar-refractivity contribution in [1.82, 2.24) is 24.6 Å². The number of anilines is 1. The molecule has 14 heteroatoms. The Morgan fingerprint density at radius 1 is 1.47 bits per heavy atom. The van der Waals surface area contributed by atoms with Crippen molar-refractivity contribution in [2.45, 2.75) is 43.9 Å². The van der Waals surface area contributed by atoms with Crippen LogP contribution in [0.5, 0.6) is 0 Å².